The fourth-order valence-corrected chi connectivity index (χ4v) is 1.72. The third-order valence-corrected chi connectivity index (χ3v) is 2.90. The largest absolute Gasteiger partial charge is 0.271 e. The minimum Gasteiger partial charge on any atom is -0.267 e. The molecular formula is C16H15FN2O. The topological polar surface area (TPSA) is 41.5 Å². The highest BCUT2D eigenvalue weighted by atomic mass is 19.1. The summed E-state index contributed by atoms with van der Waals surface area (Å²) < 4.78 is 12.7. The minimum atomic E-state index is -0.372. The monoisotopic (exact) mass is 270 g/mol. The predicted octanol–water partition coefficient (Wildman–Crippen LogP) is 3.35. The van der Waals surface area contributed by atoms with Crippen LogP contribution in [0.2, 0.25) is 0 Å². The molecule has 1 atom stereocenters. The third-order valence-electron chi connectivity index (χ3n) is 2.90. The predicted molar refractivity (Wildman–Crippen MR) is 77.2 cm³/mol. The Morgan fingerprint density at radius 2 is 1.80 bits per heavy atom. The van der Waals surface area contributed by atoms with Crippen LogP contribution in [0.5, 0.6) is 0 Å². The highest BCUT2D eigenvalue weighted by Gasteiger charge is 2.04. The van der Waals surface area contributed by atoms with E-state index in [9.17, 15) is 9.18 Å². The lowest BCUT2D eigenvalue weighted by molar-refractivity contribution is 0.0955. The standard InChI is InChI=1S/C16H15FN2O/c1-12(13-5-3-2-4-6-13)11-18-19-16(20)14-7-9-15(17)10-8-14/h2-12H,1H3,(H,19,20)/b18-11+/t12-/m0/s1. The molecule has 4 heteroatoms. The number of carbonyl (C=O) groups excluding carboxylic acids is 1. The number of halogens is 1. The normalized spacial score (nSPS) is 12.3. The maximum absolute atomic E-state index is 12.7. The van der Waals surface area contributed by atoms with Crippen molar-refractivity contribution < 1.29 is 9.18 Å². The van der Waals surface area contributed by atoms with Crippen molar-refractivity contribution >= 4 is 12.1 Å². The average molecular weight is 270 g/mol. The first-order valence-corrected chi connectivity index (χ1v) is 6.31. The summed E-state index contributed by atoms with van der Waals surface area (Å²) in [5.41, 5.74) is 3.92. The molecule has 0 saturated heterocycles. The second-order valence-electron chi connectivity index (χ2n) is 4.43. The molecule has 0 aliphatic carbocycles. The summed E-state index contributed by atoms with van der Waals surface area (Å²) >= 11 is 0. The molecule has 0 unspecified atom stereocenters. The van der Waals surface area contributed by atoms with Gasteiger partial charge in [0, 0.05) is 17.7 Å². The van der Waals surface area contributed by atoms with Gasteiger partial charge in [-0.05, 0) is 29.8 Å². The van der Waals surface area contributed by atoms with Crippen LogP contribution in [0.3, 0.4) is 0 Å². The van der Waals surface area contributed by atoms with Gasteiger partial charge in [-0.3, -0.25) is 4.79 Å². The van der Waals surface area contributed by atoms with E-state index in [0.29, 0.717) is 5.56 Å². The molecule has 1 N–H and O–H groups in total. The van der Waals surface area contributed by atoms with Crippen LogP contribution in [-0.2, 0) is 0 Å². The van der Waals surface area contributed by atoms with E-state index in [0.717, 1.165) is 5.56 Å². The fourth-order valence-electron chi connectivity index (χ4n) is 1.72. The van der Waals surface area contributed by atoms with Gasteiger partial charge in [0.05, 0.1) is 0 Å². The molecule has 2 aromatic carbocycles. The first-order valence-electron chi connectivity index (χ1n) is 6.31. The SMILES string of the molecule is C[C@@H](/C=N/NC(=O)c1ccc(F)cc1)c1ccccc1. The molecule has 2 aromatic rings. The molecular weight excluding hydrogens is 255 g/mol. The second kappa shape index (κ2) is 6.61. The summed E-state index contributed by atoms with van der Waals surface area (Å²) in [5, 5.41) is 3.93. The van der Waals surface area contributed by atoms with Gasteiger partial charge < -0.3 is 0 Å². The Kier molecular flexibility index (Phi) is 4.60. The maximum atomic E-state index is 12.7. The Balaban J connectivity index is 1.93. The molecule has 3 nitrogen and oxygen atoms in total. The number of hydrogen-bond donors (Lipinski definition) is 1. The fraction of sp³-hybridized carbons (Fsp3) is 0.125. The smallest absolute Gasteiger partial charge is 0.267 e. The first-order chi connectivity index (χ1) is 9.66. The van der Waals surface area contributed by atoms with Gasteiger partial charge in [-0.25, -0.2) is 9.82 Å². The van der Waals surface area contributed by atoms with Crippen molar-refractivity contribution in [2.24, 2.45) is 5.10 Å². The highest BCUT2D eigenvalue weighted by molar-refractivity contribution is 5.94. The summed E-state index contributed by atoms with van der Waals surface area (Å²) in [6.07, 6.45) is 1.66. The summed E-state index contributed by atoms with van der Waals surface area (Å²) in [6.45, 7) is 1.99. The van der Waals surface area contributed by atoms with Crippen LogP contribution in [0, 0.1) is 5.82 Å². The summed E-state index contributed by atoms with van der Waals surface area (Å²) in [5.74, 6) is -0.631. The molecule has 1 amide bonds. The molecule has 20 heavy (non-hydrogen) atoms. The number of hydrogen-bond acceptors (Lipinski definition) is 2. The van der Waals surface area contributed by atoms with E-state index >= 15 is 0 Å². The molecule has 0 spiro atoms. The molecule has 0 aromatic heterocycles. The Morgan fingerprint density at radius 3 is 2.45 bits per heavy atom. The number of nitrogens with one attached hydrogen (secondary N) is 1. The molecule has 0 fully saturated rings. The van der Waals surface area contributed by atoms with E-state index in [4.69, 9.17) is 0 Å². The Hall–Kier alpha value is -2.49. The Bertz CT molecular complexity index is 594. The Morgan fingerprint density at radius 1 is 1.15 bits per heavy atom. The zero-order chi connectivity index (χ0) is 14.4. The summed E-state index contributed by atoms with van der Waals surface area (Å²) in [6, 6.07) is 15.2. The summed E-state index contributed by atoms with van der Waals surface area (Å²) in [4.78, 5) is 11.7. The number of nitrogens with zero attached hydrogens (tertiary/aromatic N) is 1. The van der Waals surface area contributed by atoms with Gasteiger partial charge in [0.1, 0.15) is 5.82 Å². The van der Waals surface area contributed by atoms with Crippen LogP contribution < -0.4 is 5.43 Å². The van der Waals surface area contributed by atoms with Gasteiger partial charge in [-0.1, -0.05) is 37.3 Å². The van der Waals surface area contributed by atoms with Crippen molar-refractivity contribution in [1.82, 2.24) is 5.43 Å². The van der Waals surface area contributed by atoms with E-state index in [1.165, 1.54) is 24.3 Å². The second-order valence-corrected chi connectivity index (χ2v) is 4.43. The molecule has 0 aliphatic heterocycles. The van der Waals surface area contributed by atoms with E-state index in [1.54, 1.807) is 6.21 Å². The van der Waals surface area contributed by atoms with Crippen LogP contribution in [0.25, 0.3) is 0 Å². The van der Waals surface area contributed by atoms with E-state index < -0.39 is 0 Å². The zero-order valence-electron chi connectivity index (χ0n) is 11.1. The third kappa shape index (κ3) is 3.75. The molecule has 0 aliphatic rings. The number of rotatable bonds is 4. The molecule has 2 rings (SSSR count). The highest BCUT2D eigenvalue weighted by Crippen LogP contribution is 2.11. The lowest BCUT2D eigenvalue weighted by Gasteiger charge is -2.05. The summed E-state index contributed by atoms with van der Waals surface area (Å²) in [7, 11) is 0. The number of carbonyl (C=O) groups is 1. The van der Waals surface area contributed by atoms with E-state index in [1.807, 2.05) is 37.3 Å². The molecule has 102 valence electrons. The van der Waals surface area contributed by atoms with Gasteiger partial charge in [0.2, 0.25) is 0 Å². The average Bonchev–Trinajstić information content (AvgIpc) is 2.48. The maximum Gasteiger partial charge on any atom is 0.271 e. The van der Waals surface area contributed by atoms with Crippen LogP contribution in [0.4, 0.5) is 4.39 Å². The van der Waals surface area contributed by atoms with Gasteiger partial charge in [-0.2, -0.15) is 5.10 Å². The number of hydrazone groups is 1. The van der Waals surface area contributed by atoms with Gasteiger partial charge in [-0.15, -0.1) is 0 Å². The lowest BCUT2D eigenvalue weighted by Crippen LogP contribution is -2.18. The van der Waals surface area contributed by atoms with Gasteiger partial charge >= 0.3 is 0 Å². The van der Waals surface area contributed by atoms with E-state index in [-0.39, 0.29) is 17.6 Å². The molecule has 0 bridgehead atoms. The number of amides is 1. The first kappa shape index (κ1) is 13.9. The van der Waals surface area contributed by atoms with Gasteiger partial charge in [0.15, 0.2) is 0 Å². The van der Waals surface area contributed by atoms with Crippen molar-refractivity contribution in [2.45, 2.75) is 12.8 Å². The van der Waals surface area contributed by atoms with Crippen LogP contribution in [-0.4, -0.2) is 12.1 Å². The molecule has 0 radical (unpaired) electrons. The lowest BCUT2D eigenvalue weighted by atomic mass is 10.0. The van der Waals surface area contributed by atoms with E-state index in [2.05, 4.69) is 10.5 Å². The molecule has 0 saturated carbocycles. The van der Waals surface area contributed by atoms with Crippen molar-refractivity contribution in [3.8, 4) is 0 Å². The van der Waals surface area contributed by atoms with Crippen molar-refractivity contribution in [3.05, 3.63) is 71.5 Å². The van der Waals surface area contributed by atoms with Crippen molar-refractivity contribution in [1.29, 1.82) is 0 Å². The minimum absolute atomic E-state index is 0.102. The van der Waals surface area contributed by atoms with Crippen LogP contribution in [0.15, 0.2) is 59.7 Å². The Labute approximate surface area is 117 Å². The van der Waals surface area contributed by atoms with Gasteiger partial charge in [0.25, 0.3) is 5.91 Å². The van der Waals surface area contributed by atoms with Crippen molar-refractivity contribution in [2.75, 3.05) is 0 Å². The van der Waals surface area contributed by atoms with Crippen molar-refractivity contribution in [3.63, 3.8) is 0 Å². The number of benzene rings is 2. The van der Waals surface area contributed by atoms with Crippen LogP contribution >= 0.6 is 0 Å². The molecule has 0 heterocycles. The zero-order valence-corrected chi connectivity index (χ0v) is 11.1. The quantitative estimate of drug-likeness (QED) is 0.672. The van der Waals surface area contributed by atoms with Crippen LogP contribution in [0.1, 0.15) is 28.8 Å².